The van der Waals surface area contributed by atoms with Crippen LogP contribution in [0.25, 0.3) is 5.52 Å². The number of aromatic nitrogens is 2. The standard InChI is InChI=1S/C17H15N3O2/c21-17(13-6-8-20-15(10-13)5-7-18-20)19-14-9-12-3-1-2-4-16(12)22-11-14/h1-8,10,14H,9,11H2,(H,19,21). The maximum atomic E-state index is 12.4. The zero-order chi connectivity index (χ0) is 14.9. The van der Waals surface area contributed by atoms with Crippen molar-refractivity contribution in [3.63, 3.8) is 0 Å². The highest BCUT2D eigenvalue weighted by molar-refractivity contribution is 5.95. The zero-order valence-electron chi connectivity index (χ0n) is 11.9. The van der Waals surface area contributed by atoms with Crippen LogP contribution in [0.2, 0.25) is 0 Å². The van der Waals surface area contributed by atoms with Crippen LogP contribution in [0, 0.1) is 0 Å². The summed E-state index contributed by atoms with van der Waals surface area (Å²) in [6, 6.07) is 13.4. The number of carbonyl (C=O) groups excluding carboxylic acids is 1. The van der Waals surface area contributed by atoms with Crippen molar-refractivity contribution in [3.8, 4) is 5.75 Å². The Kier molecular flexibility index (Phi) is 3.04. The van der Waals surface area contributed by atoms with Gasteiger partial charge in [0.2, 0.25) is 0 Å². The third kappa shape index (κ3) is 2.30. The Morgan fingerprint density at radius 1 is 1.27 bits per heavy atom. The number of pyridine rings is 1. The molecular weight excluding hydrogens is 278 g/mol. The number of ether oxygens (including phenoxy) is 1. The first-order chi connectivity index (χ1) is 10.8. The van der Waals surface area contributed by atoms with Gasteiger partial charge in [0.25, 0.3) is 5.91 Å². The number of para-hydroxylation sites is 1. The molecule has 1 atom stereocenters. The number of nitrogens with zero attached hydrogens (tertiary/aromatic N) is 2. The molecule has 1 amide bonds. The van der Waals surface area contributed by atoms with E-state index in [1.807, 2.05) is 36.4 Å². The molecule has 0 aliphatic carbocycles. The normalized spacial score (nSPS) is 16.8. The lowest BCUT2D eigenvalue weighted by molar-refractivity contribution is 0.0915. The summed E-state index contributed by atoms with van der Waals surface area (Å²) in [5.41, 5.74) is 2.66. The molecule has 0 bridgehead atoms. The van der Waals surface area contributed by atoms with Gasteiger partial charge >= 0.3 is 0 Å². The van der Waals surface area contributed by atoms with E-state index in [-0.39, 0.29) is 11.9 Å². The Morgan fingerprint density at radius 3 is 3.14 bits per heavy atom. The zero-order valence-corrected chi connectivity index (χ0v) is 11.9. The van der Waals surface area contributed by atoms with E-state index in [1.54, 1.807) is 23.0 Å². The quantitative estimate of drug-likeness (QED) is 0.787. The van der Waals surface area contributed by atoms with Crippen molar-refractivity contribution in [1.29, 1.82) is 0 Å². The molecule has 0 saturated heterocycles. The van der Waals surface area contributed by atoms with E-state index in [1.165, 1.54) is 0 Å². The molecule has 1 N–H and O–H groups in total. The summed E-state index contributed by atoms with van der Waals surface area (Å²) in [5.74, 6) is 0.824. The number of benzene rings is 1. The fourth-order valence-electron chi connectivity index (χ4n) is 2.75. The molecule has 0 saturated carbocycles. The van der Waals surface area contributed by atoms with Crippen LogP contribution in [0.5, 0.6) is 5.75 Å². The Labute approximate surface area is 127 Å². The van der Waals surface area contributed by atoms with Crippen LogP contribution < -0.4 is 10.1 Å². The minimum Gasteiger partial charge on any atom is -0.491 e. The molecule has 0 fully saturated rings. The molecule has 22 heavy (non-hydrogen) atoms. The highest BCUT2D eigenvalue weighted by Gasteiger charge is 2.21. The Hall–Kier alpha value is -2.82. The summed E-state index contributed by atoms with van der Waals surface area (Å²) in [6.45, 7) is 0.498. The van der Waals surface area contributed by atoms with Crippen molar-refractivity contribution >= 4 is 11.4 Å². The maximum Gasteiger partial charge on any atom is 0.251 e. The second-order valence-electron chi connectivity index (χ2n) is 5.41. The molecule has 1 aromatic carbocycles. The van der Waals surface area contributed by atoms with Gasteiger partial charge in [0.15, 0.2) is 0 Å². The van der Waals surface area contributed by atoms with Gasteiger partial charge < -0.3 is 10.1 Å². The van der Waals surface area contributed by atoms with Gasteiger partial charge in [-0.05, 0) is 36.2 Å². The molecule has 0 spiro atoms. The highest BCUT2D eigenvalue weighted by atomic mass is 16.5. The van der Waals surface area contributed by atoms with Gasteiger partial charge in [-0.25, -0.2) is 4.52 Å². The molecule has 0 radical (unpaired) electrons. The van der Waals surface area contributed by atoms with Crippen molar-refractivity contribution in [2.45, 2.75) is 12.5 Å². The lowest BCUT2D eigenvalue weighted by atomic mass is 10.0. The molecule has 4 rings (SSSR count). The number of rotatable bonds is 2. The topological polar surface area (TPSA) is 55.6 Å². The first-order valence-corrected chi connectivity index (χ1v) is 7.24. The Balaban J connectivity index is 1.50. The number of amides is 1. The third-order valence-electron chi connectivity index (χ3n) is 3.88. The van der Waals surface area contributed by atoms with Gasteiger partial charge in [0.1, 0.15) is 12.4 Å². The molecule has 110 valence electrons. The van der Waals surface area contributed by atoms with Gasteiger partial charge in [-0.1, -0.05) is 18.2 Å². The lowest BCUT2D eigenvalue weighted by Crippen LogP contribution is -2.42. The molecule has 3 heterocycles. The number of carbonyl (C=O) groups is 1. The summed E-state index contributed by atoms with van der Waals surface area (Å²) in [6.07, 6.45) is 4.29. The van der Waals surface area contributed by atoms with Crippen LogP contribution in [0.4, 0.5) is 0 Å². The summed E-state index contributed by atoms with van der Waals surface area (Å²) in [4.78, 5) is 12.4. The summed E-state index contributed by atoms with van der Waals surface area (Å²) >= 11 is 0. The smallest absolute Gasteiger partial charge is 0.251 e. The predicted molar refractivity (Wildman–Crippen MR) is 82.1 cm³/mol. The fourth-order valence-corrected chi connectivity index (χ4v) is 2.75. The Bertz CT molecular complexity index is 841. The average Bonchev–Trinajstić information content (AvgIpc) is 3.02. The number of fused-ring (bicyclic) bond motifs is 2. The second-order valence-corrected chi connectivity index (χ2v) is 5.41. The first kappa shape index (κ1) is 12.9. The van der Waals surface area contributed by atoms with Crippen LogP contribution in [-0.4, -0.2) is 28.2 Å². The summed E-state index contributed by atoms with van der Waals surface area (Å²) in [5, 5.41) is 7.16. The van der Waals surface area contributed by atoms with Gasteiger partial charge in [-0.3, -0.25) is 4.79 Å². The lowest BCUT2D eigenvalue weighted by Gasteiger charge is -2.26. The summed E-state index contributed by atoms with van der Waals surface area (Å²) in [7, 11) is 0. The minimum absolute atomic E-state index is 0.0106. The van der Waals surface area contributed by atoms with E-state index in [4.69, 9.17) is 4.74 Å². The Morgan fingerprint density at radius 2 is 2.18 bits per heavy atom. The SMILES string of the molecule is O=C(NC1COc2ccccc2C1)c1ccn2nccc2c1. The van der Waals surface area contributed by atoms with Gasteiger partial charge in [-0.2, -0.15) is 5.10 Å². The van der Waals surface area contributed by atoms with Crippen molar-refractivity contribution in [2.75, 3.05) is 6.61 Å². The van der Waals surface area contributed by atoms with Crippen LogP contribution >= 0.6 is 0 Å². The molecule has 2 aromatic heterocycles. The molecule has 3 aromatic rings. The molecule has 1 unspecified atom stereocenters. The van der Waals surface area contributed by atoms with Crippen LogP contribution in [0.3, 0.4) is 0 Å². The third-order valence-corrected chi connectivity index (χ3v) is 3.88. The molecule has 1 aliphatic heterocycles. The largest absolute Gasteiger partial charge is 0.491 e. The van der Waals surface area contributed by atoms with E-state index >= 15 is 0 Å². The van der Waals surface area contributed by atoms with E-state index in [2.05, 4.69) is 10.4 Å². The number of hydrogen-bond donors (Lipinski definition) is 1. The van der Waals surface area contributed by atoms with Crippen molar-refractivity contribution < 1.29 is 9.53 Å². The first-order valence-electron chi connectivity index (χ1n) is 7.24. The predicted octanol–water partition coefficient (Wildman–Crippen LogP) is 2.07. The van der Waals surface area contributed by atoms with Gasteiger partial charge in [0, 0.05) is 18.0 Å². The molecular formula is C17H15N3O2. The molecule has 1 aliphatic rings. The van der Waals surface area contributed by atoms with E-state index in [9.17, 15) is 4.79 Å². The van der Waals surface area contributed by atoms with Crippen molar-refractivity contribution in [1.82, 2.24) is 14.9 Å². The van der Waals surface area contributed by atoms with Gasteiger partial charge in [0.05, 0.1) is 11.6 Å². The fraction of sp³-hybridized carbons (Fsp3) is 0.176. The van der Waals surface area contributed by atoms with Gasteiger partial charge in [-0.15, -0.1) is 0 Å². The van der Waals surface area contributed by atoms with Crippen molar-refractivity contribution in [2.24, 2.45) is 0 Å². The monoisotopic (exact) mass is 293 g/mol. The van der Waals surface area contributed by atoms with E-state index in [0.717, 1.165) is 23.3 Å². The number of hydrogen-bond acceptors (Lipinski definition) is 3. The minimum atomic E-state index is -0.0864. The van der Waals surface area contributed by atoms with Crippen molar-refractivity contribution in [3.05, 3.63) is 66.0 Å². The second kappa shape index (κ2) is 5.18. The van der Waals surface area contributed by atoms with E-state index < -0.39 is 0 Å². The highest BCUT2D eigenvalue weighted by Crippen LogP contribution is 2.24. The average molecular weight is 293 g/mol. The summed E-state index contributed by atoms with van der Waals surface area (Å²) < 4.78 is 7.43. The van der Waals surface area contributed by atoms with Crippen LogP contribution in [0.15, 0.2) is 54.9 Å². The molecule has 5 heteroatoms. The van der Waals surface area contributed by atoms with E-state index in [0.29, 0.717) is 12.2 Å². The van der Waals surface area contributed by atoms with Crippen LogP contribution in [-0.2, 0) is 6.42 Å². The van der Waals surface area contributed by atoms with Crippen LogP contribution in [0.1, 0.15) is 15.9 Å². The molecule has 5 nitrogen and oxygen atoms in total. The maximum absolute atomic E-state index is 12.4. The number of nitrogens with one attached hydrogen (secondary N) is 1.